The van der Waals surface area contributed by atoms with Crippen LogP contribution in [0.25, 0.3) is 11.0 Å². The zero-order chi connectivity index (χ0) is 13.9. The fraction of sp³-hybridized carbons (Fsp3) is 0.500. The molecule has 1 fully saturated rings. The maximum atomic E-state index is 6.11. The first-order chi connectivity index (χ1) is 9.79. The van der Waals surface area contributed by atoms with Crippen LogP contribution in [0.1, 0.15) is 18.2 Å². The molecule has 20 heavy (non-hydrogen) atoms. The van der Waals surface area contributed by atoms with Crippen molar-refractivity contribution in [3.05, 3.63) is 35.6 Å². The number of fused-ring (bicyclic) bond motifs is 1. The van der Waals surface area contributed by atoms with Crippen LogP contribution in [-0.4, -0.2) is 36.0 Å². The SMILES string of the molecule is CNCc1c(CN2CCSCC2C)oc2ccccc12. The van der Waals surface area contributed by atoms with Crippen molar-refractivity contribution in [2.75, 3.05) is 25.1 Å². The van der Waals surface area contributed by atoms with Gasteiger partial charge in [-0.15, -0.1) is 0 Å². The molecule has 0 saturated carbocycles. The summed E-state index contributed by atoms with van der Waals surface area (Å²) in [6.45, 7) is 5.26. The van der Waals surface area contributed by atoms with Crippen LogP contribution in [0.4, 0.5) is 0 Å². The lowest BCUT2D eigenvalue weighted by molar-refractivity contribution is 0.207. The van der Waals surface area contributed by atoms with Crippen molar-refractivity contribution in [3.8, 4) is 0 Å². The summed E-state index contributed by atoms with van der Waals surface area (Å²) in [7, 11) is 1.99. The van der Waals surface area contributed by atoms with Gasteiger partial charge < -0.3 is 9.73 Å². The average Bonchev–Trinajstić information content (AvgIpc) is 2.80. The Balaban J connectivity index is 1.91. The smallest absolute Gasteiger partial charge is 0.134 e. The molecule has 1 saturated heterocycles. The van der Waals surface area contributed by atoms with Gasteiger partial charge in [-0.2, -0.15) is 11.8 Å². The second kappa shape index (κ2) is 6.20. The monoisotopic (exact) mass is 290 g/mol. The van der Waals surface area contributed by atoms with Gasteiger partial charge in [-0.1, -0.05) is 18.2 Å². The Morgan fingerprint density at radius 2 is 2.25 bits per heavy atom. The summed E-state index contributed by atoms with van der Waals surface area (Å²) in [4.78, 5) is 2.54. The van der Waals surface area contributed by atoms with E-state index >= 15 is 0 Å². The first kappa shape index (κ1) is 14.0. The molecule has 0 spiro atoms. The molecule has 3 nitrogen and oxygen atoms in total. The molecule has 1 aliphatic heterocycles. The van der Waals surface area contributed by atoms with E-state index in [1.807, 2.05) is 13.1 Å². The number of benzene rings is 1. The van der Waals surface area contributed by atoms with E-state index in [-0.39, 0.29) is 0 Å². The normalized spacial score (nSPS) is 20.6. The van der Waals surface area contributed by atoms with Gasteiger partial charge in [0.1, 0.15) is 11.3 Å². The highest BCUT2D eigenvalue weighted by atomic mass is 32.2. The van der Waals surface area contributed by atoms with Gasteiger partial charge in [0.25, 0.3) is 0 Å². The van der Waals surface area contributed by atoms with Crippen LogP contribution in [0.2, 0.25) is 0 Å². The van der Waals surface area contributed by atoms with Gasteiger partial charge in [0.2, 0.25) is 0 Å². The minimum absolute atomic E-state index is 0.629. The fourth-order valence-corrected chi connectivity index (χ4v) is 3.91. The molecule has 2 aromatic rings. The van der Waals surface area contributed by atoms with Gasteiger partial charge in [-0.05, 0) is 20.0 Å². The number of hydrogen-bond donors (Lipinski definition) is 1. The Kier molecular flexibility index (Phi) is 4.34. The summed E-state index contributed by atoms with van der Waals surface area (Å²) in [5.41, 5.74) is 2.32. The van der Waals surface area contributed by atoms with Crippen molar-refractivity contribution < 1.29 is 4.42 Å². The number of rotatable bonds is 4. The van der Waals surface area contributed by atoms with E-state index in [2.05, 4.69) is 47.1 Å². The summed E-state index contributed by atoms with van der Waals surface area (Å²) in [6, 6.07) is 8.97. The van der Waals surface area contributed by atoms with Gasteiger partial charge in [0, 0.05) is 41.6 Å². The molecule has 1 N–H and O–H groups in total. The van der Waals surface area contributed by atoms with Crippen molar-refractivity contribution in [3.63, 3.8) is 0 Å². The second-order valence-electron chi connectivity index (χ2n) is 5.42. The molecule has 3 rings (SSSR count). The third-order valence-corrected chi connectivity index (χ3v) is 5.18. The number of furan rings is 1. The molecular formula is C16H22N2OS. The third kappa shape index (κ3) is 2.73. The molecule has 2 heterocycles. The summed E-state index contributed by atoms with van der Waals surface area (Å²) >= 11 is 2.05. The molecule has 1 atom stereocenters. The summed E-state index contributed by atoms with van der Waals surface area (Å²) < 4.78 is 6.11. The van der Waals surface area contributed by atoms with Crippen molar-refractivity contribution >= 4 is 22.7 Å². The van der Waals surface area contributed by atoms with Crippen LogP contribution in [0, 0.1) is 0 Å². The summed E-state index contributed by atoms with van der Waals surface area (Å²) in [5, 5.41) is 4.51. The van der Waals surface area contributed by atoms with Crippen molar-refractivity contribution in [1.82, 2.24) is 10.2 Å². The maximum absolute atomic E-state index is 6.11. The second-order valence-corrected chi connectivity index (χ2v) is 6.57. The van der Waals surface area contributed by atoms with Gasteiger partial charge in [0.15, 0.2) is 0 Å². The molecule has 1 unspecified atom stereocenters. The van der Waals surface area contributed by atoms with E-state index in [0.29, 0.717) is 6.04 Å². The van der Waals surface area contributed by atoms with Gasteiger partial charge in [-0.25, -0.2) is 0 Å². The van der Waals surface area contributed by atoms with Crippen molar-refractivity contribution in [2.45, 2.75) is 26.1 Å². The fourth-order valence-electron chi connectivity index (χ4n) is 2.83. The Bertz CT molecular complexity index is 581. The number of para-hydroxylation sites is 1. The molecule has 0 radical (unpaired) electrons. The molecule has 0 aliphatic carbocycles. The van der Waals surface area contributed by atoms with Gasteiger partial charge in [0.05, 0.1) is 6.54 Å². The summed E-state index contributed by atoms with van der Waals surface area (Å²) in [6.07, 6.45) is 0. The average molecular weight is 290 g/mol. The third-order valence-electron chi connectivity index (χ3n) is 3.99. The van der Waals surface area contributed by atoms with Crippen LogP contribution in [0.5, 0.6) is 0 Å². The number of thioether (sulfide) groups is 1. The van der Waals surface area contributed by atoms with Crippen LogP contribution >= 0.6 is 11.8 Å². The van der Waals surface area contributed by atoms with Crippen molar-refractivity contribution in [1.29, 1.82) is 0 Å². The highest BCUT2D eigenvalue weighted by molar-refractivity contribution is 7.99. The zero-order valence-electron chi connectivity index (χ0n) is 12.2. The molecule has 108 valence electrons. The Morgan fingerprint density at radius 3 is 3.05 bits per heavy atom. The van der Waals surface area contributed by atoms with Crippen LogP contribution in [-0.2, 0) is 13.1 Å². The highest BCUT2D eigenvalue weighted by Crippen LogP contribution is 2.28. The molecule has 1 aromatic heterocycles. The summed E-state index contributed by atoms with van der Waals surface area (Å²) in [5.74, 6) is 3.58. The van der Waals surface area contributed by atoms with E-state index in [1.54, 1.807) is 0 Å². The first-order valence-corrected chi connectivity index (χ1v) is 8.40. The quantitative estimate of drug-likeness (QED) is 0.936. The minimum atomic E-state index is 0.629. The van der Waals surface area contributed by atoms with E-state index in [1.165, 1.54) is 22.5 Å². The minimum Gasteiger partial charge on any atom is -0.459 e. The Labute approximate surface area is 124 Å². The number of hydrogen-bond acceptors (Lipinski definition) is 4. The van der Waals surface area contributed by atoms with Gasteiger partial charge >= 0.3 is 0 Å². The zero-order valence-corrected chi connectivity index (χ0v) is 13.0. The van der Waals surface area contributed by atoms with E-state index < -0.39 is 0 Å². The van der Waals surface area contributed by atoms with Crippen molar-refractivity contribution in [2.24, 2.45) is 0 Å². The predicted molar refractivity (Wildman–Crippen MR) is 86.2 cm³/mol. The number of nitrogens with zero attached hydrogens (tertiary/aromatic N) is 1. The molecule has 0 amide bonds. The molecule has 0 bridgehead atoms. The van der Waals surface area contributed by atoms with E-state index in [0.717, 1.165) is 31.0 Å². The Morgan fingerprint density at radius 1 is 1.40 bits per heavy atom. The van der Waals surface area contributed by atoms with E-state index in [9.17, 15) is 0 Å². The Hall–Kier alpha value is -0.970. The lowest BCUT2D eigenvalue weighted by Crippen LogP contribution is -2.39. The number of nitrogens with one attached hydrogen (secondary N) is 1. The van der Waals surface area contributed by atoms with Crippen LogP contribution in [0.15, 0.2) is 28.7 Å². The van der Waals surface area contributed by atoms with Crippen LogP contribution in [0.3, 0.4) is 0 Å². The standard InChI is InChI=1S/C16H22N2OS/c1-12-11-20-8-7-18(12)10-16-14(9-17-2)13-5-3-4-6-15(13)19-16/h3-6,12,17H,7-11H2,1-2H3. The molecule has 1 aromatic carbocycles. The maximum Gasteiger partial charge on any atom is 0.134 e. The van der Waals surface area contributed by atoms with Gasteiger partial charge in [-0.3, -0.25) is 4.90 Å². The topological polar surface area (TPSA) is 28.4 Å². The van der Waals surface area contributed by atoms with Crippen LogP contribution < -0.4 is 5.32 Å². The van der Waals surface area contributed by atoms with E-state index in [4.69, 9.17) is 4.42 Å². The highest BCUT2D eigenvalue weighted by Gasteiger charge is 2.22. The lowest BCUT2D eigenvalue weighted by Gasteiger charge is -2.32. The first-order valence-electron chi connectivity index (χ1n) is 7.25. The lowest BCUT2D eigenvalue weighted by atomic mass is 10.1. The molecular weight excluding hydrogens is 268 g/mol. The molecule has 4 heteroatoms. The molecule has 1 aliphatic rings. The largest absolute Gasteiger partial charge is 0.459 e. The predicted octanol–water partition coefficient (Wildman–Crippen LogP) is 3.09.